The van der Waals surface area contributed by atoms with Gasteiger partial charge in [0, 0.05) is 37.1 Å². The highest BCUT2D eigenvalue weighted by Crippen LogP contribution is 2.31. The van der Waals surface area contributed by atoms with Gasteiger partial charge >= 0.3 is 0 Å². The first-order valence-corrected chi connectivity index (χ1v) is 11.0. The van der Waals surface area contributed by atoms with Crippen molar-refractivity contribution in [2.24, 2.45) is 11.8 Å². The highest BCUT2D eigenvalue weighted by atomic mass is 32.1. The van der Waals surface area contributed by atoms with Gasteiger partial charge in [0.1, 0.15) is 11.4 Å². The maximum atomic E-state index is 12.3. The van der Waals surface area contributed by atoms with E-state index < -0.39 is 0 Å². The van der Waals surface area contributed by atoms with E-state index in [1.807, 2.05) is 5.38 Å². The maximum Gasteiger partial charge on any atom is 0.253 e. The summed E-state index contributed by atoms with van der Waals surface area (Å²) in [6, 6.07) is 0. The number of hydrogen-bond acceptors (Lipinski definition) is 7. The Hall–Kier alpha value is -2.22. The van der Waals surface area contributed by atoms with E-state index in [2.05, 4.69) is 20.5 Å². The largest absolute Gasteiger partial charge is 0.380 e. The lowest BCUT2D eigenvalue weighted by molar-refractivity contribution is -0.121. The fourth-order valence-electron chi connectivity index (χ4n) is 4.33. The fourth-order valence-corrected chi connectivity index (χ4v) is 4.86. The number of anilines is 3. The lowest BCUT2D eigenvalue weighted by Crippen LogP contribution is -2.45. The Bertz CT molecular complexity index is 874. The summed E-state index contributed by atoms with van der Waals surface area (Å²) in [5.74, 6) is 0.494. The molecule has 0 radical (unpaired) electrons. The lowest BCUT2D eigenvalue weighted by Gasteiger charge is -2.32. The molecule has 28 heavy (non-hydrogen) atoms. The Kier molecular flexibility index (Phi) is 5.75. The first-order valence-electron chi connectivity index (χ1n) is 10.2. The standard InChI is InChI=1S/C20H26N4O3S/c25-17-15(16(18(17)26)24-9-2-1-3-10-24)22-12-13-4-6-14(7-5-13)19(27)23-20-21-8-11-28-20/h8,11,13-14,22H,1-7,9-10,12H2,(H,21,23,27). The van der Waals surface area contributed by atoms with Crippen molar-refractivity contribution in [3.05, 3.63) is 32.0 Å². The van der Waals surface area contributed by atoms with Gasteiger partial charge in [0.05, 0.1) is 0 Å². The number of carbonyl (C=O) groups excluding carboxylic acids is 1. The molecule has 1 amide bonds. The molecule has 1 aliphatic carbocycles. The van der Waals surface area contributed by atoms with Gasteiger partial charge in [-0.05, 0) is 50.9 Å². The van der Waals surface area contributed by atoms with Gasteiger partial charge in [-0.15, -0.1) is 11.3 Å². The second kappa shape index (κ2) is 8.43. The summed E-state index contributed by atoms with van der Waals surface area (Å²) in [5.41, 5.74) is 0.390. The Morgan fingerprint density at radius 3 is 2.54 bits per heavy atom. The topological polar surface area (TPSA) is 91.4 Å². The summed E-state index contributed by atoms with van der Waals surface area (Å²) in [5, 5.41) is 8.64. The number of nitrogens with zero attached hydrogens (tertiary/aromatic N) is 2. The molecule has 8 heteroatoms. The number of carbonyl (C=O) groups is 1. The van der Waals surface area contributed by atoms with Crippen molar-refractivity contribution in [1.82, 2.24) is 4.98 Å². The normalized spacial score (nSPS) is 22.9. The quantitative estimate of drug-likeness (QED) is 0.722. The maximum absolute atomic E-state index is 12.3. The molecular weight excluding hydrogens is 376 g/mol. The number of aromatic nitrogens is 1. The molecule has 1 aliphatic heterocycles. The Morgan fingerprint density at radius 2 is 1.86 bits per heavy atom. The summed E-state index contributed by atoms with van der Waals surface area (Å²) in [4.78, 5) is 42.6. The molecule has 1 aromatic carbocycles. The molecule has 2 fully saturated rings. The highest BCUT2D eigenvalue weighted by Gasteiger charge is 2.29. The monoisotopic (exact) mass is 402 g/mol. The third-order valence-electron chi connectivity index (χ3n) is 6.00. The van der Waals surface area contributed by atoms with Gasteiger partial charge in [-0.3, -0.25) is 14.4 Å². The molecule has 2 heterocycles. The number of nitrogens with one attached hydrogen (secondary N) is 2. The number of piperidine rings is 1. The van der Waals surface area contributed by atoms with Crippen molar-refractivity contribution in [3.8, 4) is 0 Å². The van der Waals surface area contributed by atoms with Crippen LogP contribution in [0.15, 0.2) is 21.2 Å². The van der Waals surface area contributed by atoms with Crippen LogP contribution in [-0.2, 0) is 4.79 Å². The van der Waals surface area contributed by atoms with Crippen LogP contribution in [0.25, 0.3) is 0 Å². The lowest BCUT2D eigenvalue weighted by atomic mass is 9.81. The highest BCUT2D eigenvalue weighted by molar-refractivity contribution is 7.13. The van der Waals surface area contributed by atoms with E-state index in [-0.39, 0.29) is 22.7 Å². The van der Waals surface area contributed by atoms with Crippen molar-refractivity contribution in [3.63, 3.8) is 0 Å². The van der Waals surface area contributed by atoms with Crippen molar-refractivity contribution < 1.29 is 4.79 Å². The molecule has 150 valence electrons. The molecule has 4 rings (SSSR count). The predicted molar refractivity (Wildman–Crippen MR) is 112 cm³/mol. The molecule has 0 atom stereocenters. The minimum absolute atomic E-state index is 0.0233. The van der Waals surface area contributed by atoms with E-state index in [1.165, 1.54) is 17.8 Å². The van der Waals surface area contributed by atoms with Crippen LogP contribution in [-0.4, -0.2) is 30.5 Å². The smallest absolute Gasteiger partial charge is 0.253 e. The van der Waals surface area contributed by atoms with E-state index in [9.17, 15) is 14.4 Å². The molecule has 1 saturated carbocycles. The van der Waals surface area contributed by atoms with Gasteiger partial charge in [0.15, 0.2) is 5.13 Å². The summed E-state index contributed by atoms with van der Waals surface area (Å²) >= 11 is 1.43. The van der Waals surface area contributed by atoms with Gasteiger partial charge in [0.2, 0.25) is 5.91 Å². The predicted octanol–water partition coefficient (Wildman–Crippen LogP) is 2.59. The van der Waals surface area contributed by atoms with Crippen LogP contribution in [0.3, 0.4) is 0 Å². The first-order chi connectivity index (χ1) is 13.6. The zero-order valence-electron chi connectivity index (χ0n) is 15.9. The zero-order chi connectivity index (χ0) is 19.5. The summed E-state index contributed by atoms with van der Waals surface area (Å²) in [6.07, 6.45) is 8.59. The molecule has 2 aliphatic rings. The van der Waals surface area contributed by atoms with Crippen molar-refractivity contribution in [2.45, 2.75) is 44.9 Å². The molecule has 7 nitrogen and oxygen atoms in total. The summed E-state index contributed by atoms with van der Waals surface area (Å²) in [6.45, 7) is 2.41. The van der Waals surface area contributed by atoms with Crippen molar-refractivity contribution >= 4 is 33.8 Å². The Morgan fingerprint density at radius 1 is 1.11 bits per heavy atom. The van der Waals surface area contributed by atoms with Gasteiger partial charge in [-0.2, -0.15) is 0 Å². The number of thiazole rings is 1. The van der Waals surface area contributed by atoms with Crippen LogP contribution in [0, 0.1) is 11.8 Å². The van der Waals surface area contributed by atoms with E-state index >= 15 is 0 Å². The van der Waals surface area contributed by atoms with Crippen LogP contribution in [0.1, 0.15) is 44.9 Å². The van der Waals surface area contributed by atoms with E-state index in [4.69, 9.17) is 0 Å². The van der Waals surface area contributed by atoms with Crippen molar-refractivity contribution in [2.75, 3.05) is 35.2 Å². The molecule has 0 bridgehead atoms. The van der Waals surface area contributed by atoms with Crippen molar-refractivity contribution in [1.29, 1.82) is 0 Å². The SMILES string of the molecule is O=C(Nc1nccs1)C1CCC(CNc2c(N3CCCCC3)c(=O)c2=O)CC1. The second-order valence-corrected chi connectivity index (χ2v) is 8.75. The molecule has 1 aromatic heterocycles. The van der Waals surface area contributed by atoms with E-state index in [0.29, 0.717) is 29.0 Å². The van der Waals surface area contributed by atoms with Crippen LogP contribution in [0.4, 0.5) is 16.5 Å². The van der Waals surface area contributed by atoms with E-state index in [0.717, 1.165) is 51.6 Å². The third-order valence-corrected chi connectivity index (χ3v) is 6.69. The average molecular weight is 403 g/mol. The van der Waals surface area contributed by atoms with Gasteiger partial charge in [-0.25, -0.2) is 4.98 Å². The fraction of sp³-hybridized carbons (Fsp3) is 0.600. The average Bonchev–Trinajstić information content (AvgIpc) is 3.24. The van der Waals surface area contributed by atoms with Crippen LogP contribution in [0.5, 0.6) is 0 Å². The molecule has 2 aromatic rings. The number of hydrogen-bond donors (Lipinski definition) is 2. The van der Waals surface area contributed by atoms with Gasteiger partial charge in [-0.1, -0.05) is 0 Å². The summed E-state index contributed by atoms with van der Waals surface area (Å²) in [7, 11) is 0. The van der Waals surface area contributed by atoms with Crippen LogP contribution >= 0.6 is 11.3 Å². The second-order valence-electron chi connectivity index (χ2n) is 7.85. The minimum atomic E-state index is -0.378. The van der Waals surface area contributed by atoms with Gasteiger partial charge in [0.25, 0.3) is 10.9 Å². The molecular formula is C20H26N4O3S. The Labute approximate surface area is 167 Å². The van der Waals surface area contributed by atoms with Gasteiger partial charge < -0.3 is 15.5 Å². The van der Waals surface area contributed by atoms with Crippen LogP contribution < -0.4 is 26.4 Å². The summed E-state index contributed by atoms with van der Waals surface area (Å²) < 4.78 is 0. The third kappa shape index (κ3) is 3.97. The molecule has 0 unspecified atom stereocenters. The van der Waals surface area contributed by atoms with E-state index in [1.54, 1.807) is 6.20 Å². The molecule has 2 N–H and O–H groups in total. The number of amides is 1. The first kappa shape index (κ1) is 19.1. The minimum Gasteiger partial charge on any atom is -0.380 e. The molecule has 1 saturated heterocycles. The Balaban J connectivity index is 1.27. The van der Waals surface area contributed by atoms with Crippen LogP contribution in [0.2, 0.25) is 0 Å². The molecule has 0 spiro atoms. The zero-order valence-corrected chi connectivity index (χ0v) is 16.7. The number of rotatable bonds is 6.